The summed E-state index contributed by atoms with van der Waals surface area (Å²) in [5, 5.41) is 10.6. The topological polar surface area (TPSA) is 30.7 Å². The van der Waals surface area contributed by atoms with E-state index < -0.39 is 0 Å². The van der Waals surface area contributed by atoms with Crippen molar-refractivity contribution in [2.24, 2.45) is 0 Å². The summed E-state index contributed by atoms with van der Waals surface area (Å²) in [7, 11) is 0. The summed E-state index contributed by atoms with van der Waals surface area (Å²) in [6, 6.07) is 21.6. The first-order valence-electron chi connectivity index (χ1n) is 10.2. The van der Waals surface area contributed by atoms with Crippen LogP contribution in [0.4, 0.5) is 0 Å². The normalized spacial score (nSPS) is 16.0. The van der Waals surface area contributed by atoms with Gasteiger partial charge in [0.25, 0.3) is 0 Å². The zero-order valence-electron chi connectivity index (χ0n) is 16.2. The van der Waals surface area contributed by atoms with Crippen molar-refractivity contribution in [1.29, 1.82) is 0 Å². The summed E-state index contributed by atoms with van der Waals surface area (Å²) in [6.45, 7) is 3.98. The fourth-order valence-electron chi connectivity index (χ4n) is 4.01. The van der Waals surface area contributed by atoms with Crippen molar-refractivity contribution in [2.45, 2.75) is 55.0 Å². The minimum atomic E-state index is 0.300. The molecular weight excluding hydrogens is 362 g/mol. The van der Waals surface area contributed by atoms with Gasteiger partial charge in [-0.25, -0.2) is 0 Å². The number of hydrogen-bond acceptors (Lipinski definition) is 3. The molecule has 4 heteroatoms. The summed E-state index contributed by atoms with van der Waals surface area (Å²) < 4.78 is 2.41. The standard InChI is InChI=1S/C24H27N3S/c1-2-12-22(19-13-6-3-7-14-19)28-24-26-25-23(20-15-8-4-9-16-20)27(24)21-17-10-5-11-18-21/h2-4,6-9,13-16,21-22H,1,5,10-12,17-18H2. The summed E-state index contributed by atoms with van der Waals surface area (Å²) >= 11 is 1.82. The van der Waals surface area contributed by atoms with Crippen LogP contribution in [0, 0.1) is 0 Å². The van der Waals surface area contributed by atoms with Gasteiger partial charge in [0.05, 0.1) is 0 Å². The zero-order chi connectivity index (χ0) is 19.2. The minimum absolute atomic E-state index is 0.300. The molecule has 1 fully saturated rings. The first kappa shape index (κ1) is 19.0. The lowest BCUT2D eigenvalue weighted by Crippen LogP contribution is -2.15. The van der Waals surface area contributed by atoms with E-state index >= 15 is 0 Å². The van der Waals surface area contributed by atoms with Crippen LogP contribution in [0.15, 0.2) is 78.5 Å². The first-order chi connectivity index (χ1) is 13.9. The monoisotopic (exact) mass is 389 g/mol. The molecule has 0 amide bonds. The van der Waals surface area contributed by atoms with Gasteiger partial charge in [-0.1, -0.05) is 97.8 Å². The third-order valence-corrected chi connectivity index (χ3v) is 6.67. The molecule has 28 heavy (non-hydrogen) atoms. The molecular formula is C24H27N3S. The molecule has 1 aliphatic rings. The number of hydrogen-bond donors (Lipinski definition) is 0. The maximum absolute atomic E-state index is 4.66. The smallest absolute Gasteiger partial charge is 0.192 e. The van der Waals surface area contributed by atoms with Gasteiger partial charge in [-0.05, 0) is 24.8 Å². The molecule has 0 radical (unpaired) electrons. The molecule has 1 saturated carbocycles. The van der Waals surface area contributed by atoms with E-state index in [0.29, 0.717) is 11.3 Å². The molecule has 1 atom stereocenters. The molecule has 0 saturated heterocycles. The van der Waals surface area contributed by atoms with E-state index in [4.69, 9.17) is 0 Å². The second-order valence-corrected chi connectivity index (χ2v) is 8.55. The number of benzene rings is 2. The molecule has 3 nitrogen and oxygen atoms in total. The Morgan fingerprint density at radius 3 is 2.32 bits per heavy atom. The Labute approximate surface area is 171 Å². The maximum atomic E-state index is 4.66. The molecule has 1 aromatic heterocycles. The average molecular weight is 390 g/mol. The fraction of sp³-hybridized carbons (Fsp3) is 0.333. The van der Waals surface area contributed by atoms with Crippen molar-refractivity contribution in [1.82, 2.24) is 14.8 Å². The van der Waals surface area contributed by atoms with Gasteiger partial charge in [0.15, 0.2) is 11.0 Å². The number of aromatic nitrogens is 3. The van der Waals surface area contributed by atoms with Crippen LogP contribution in [-0.4, -0.2) is 14.8 Å². The number of thioether (sulfide) groups is 1. The van der Waals surface area contributed by atoms with E-state index in [1.807, 2.05) is 17.8 Å². The molecule has 0 N–H and O–H groups in total. The molecule has 1 heterocycles. The van der Waals surface area contributed by atoms with Crippen LogP contribution in [0.2, 0.25) is 0 Å². The highest BCUT2D eigenvalue weighted by molar-refractivity contribution is 7.99. The Balaban J connectivity index is 1.71. The lowest BCUT2D eigenvalue weighted by molar-refractivity contribution is 0.339. The molecule has 144 valence electrons. The Hall–Kier alpha value is -2.33. The van der Waals surface area contributed by atoms with Crippen molar-refractivity contribution < 1.29 is 0 Å². The predicted octanol–water partition coefficient (Wildman–Crippen LogP) is 6.86. The average Bonchev–Trinajstić information content (AvgIpc) is 3.19. The van der Waals surface area contributed by atoms with Crippen LogP contribution in [0.25, 0.3) is 11.4 Å². The van der Waals surface area contributed by atoms with Gasteiger partial charge in [0.1, 0.15) is 0 Å². The largest absolute Gasteiger partial charge is 0.299 e. The molecule has 4 rings (SSSR count). The lowest BCUT2D eigenvalue weighted by atomic mass is 9.95. The molecule has 2 aromatic carbocycles. The Morgan fingerprint density at radius 1 is 0.964 bits per heavy atom. The van der Waals surface area contributed by atoms with Gasteiger partial charge < -0.3 is 0 Å². The Kier molecular flexibility index (Phi) is 6.27. The van der Waals surface area contributed by atoms with E-state index in [2.05, 4.69) is 82.0 Å². The van der Waals surface area contributed by atoms with E-state index in [-0.39, 0.29) is 0 Å². The highest BCUT2D eigenvalue weighted by Crippen LogP contribution is 2.41. The molecule has 0 bridgehead atoms. The van der Waals surface area contributed by atoms with E-state index in [1.165, 1.54) is 37.7 Å². The van der Waals surface area contributed by atoms with Crippen LogP contribution in [0.5, 0.6) is 0 Å². The Bertz CT molecular complexity index is 883. The highest BCUT2D eigenvalue weighted by Gasteiger charge is 2.25. The highest BCUT2D eigenvalue weighted by atomic mass is 32.2. The van der Waals surface area contributed by atoms with Crippen LogP contribution < -0.4 is 0 Å². The summed E-state index contributed by atoms with van der Waals surface area (Å²) in [6.07, 6.45) is 9.25. The van der Waals surface area contributed by atoms with Gasteiger partial charge >= 0.3 is 0 Å². The summed E-state index contributed by atoms with van der Waals surface area (Å²) in [4.78, 5) is 0. The van der Waals surface area contributed by atoms with Gasteiger partial charge in [0, 0.05) is 16.9 Å². The SMILES string of the molecule is C=CCC(Sc1nnc(-c2ccccc2)n1C1CCCCC1)c1ccccc1. The van der Waals surface area contributed by atoms with E-state index in [1.54, 1.807) is 0 Å². The van der Waals surface area contributed by atoms with Gasteiger partial charge in [0.2, 0.25) is 0 Å². The zero-order valence-corrected chi connectivity index (χ0v) is 17.0. The third-order valence-electron chi connectivity index (χ3n) is 5.44. The van der Waals surface area contributed by atoms with Crippen molar-refractivity contribution in [3.8, 4) is 11.4 Å². The van der Waals surface area contributed by atoms with Gasteiger partial charge in [-0.15, -0.1) is 16.8 Å². The van der Waals surface area contributed by atoms with Crippen molar-refractivity contribution in [3.63, 3.8) is 0 Å². The lowest BCUT2D eigenvalue weighted by Gasteiger charge is -2.26. The summed E-state index contributed by atoms with van der Waals surface area (Å²) in [5.74, 6) is 1.00. The predicted molar refractivity (Wildman–Crippen MR) is 117 cm³/mol. The number of rotatable bonds is 7. The molecule has 3 aromatic rings. The van der Waals surface area contributed by atoms with Crippen molar-refractivity contribution in [3.05, 3.63) is 78.9 Å². The third kappa shape index (κ3) is 4.22. The van der Waals surface area contributed by atoms with Crippen LogP contribution in [-0.2, 0) is 0 Å². The summed E-state index contributed by atoms with van der Waals surface area (Å²) in [5.41, 5.74) is 2.46. The fourth-order valence-corrected chi connectivity index (χ4v) is 5.23. The van der Waals surface area contributed by atoms with Crippen molar-refractivity contribution >= 4 is 11.8 Å². The van der Waals surface area contributed by atoms with Crippen LogP contribution >= 0.6 is 11.8 Å². The number of nitrogens with zero attached hydrogens (tertiary/aromatic N) is 3. The van der Waals surface area contributed by atoms with E-state index in [0.717, 1.165) is 23.0 Å². The van der Waals surface area contributed by atoms with E-state index in [9.17, 15) is 0 Å². The minimum Gasteiger partial charge on any atom is -0.299 e. The second-order valence-electron chi connectivity index (χ2n) is 7.38. The second kappa shape index (κ2) is 9.24. The molecule has 1 aliphatic carbocycles. The Morgan fingerprint density at radius 2 is 1.64 bits per heavy atom. The van der Waals surface area contributed by atoms with Crippen molar-refractivity contribution in [2.75, 3.05) is 0 Å². The first-order valence-corrected chi connectivity index (χ1v) is 11.1. The number of allylic oxidation sites excluding steroid dienone is 1. The molecule has 0 spiro atoms. The quantitative estimate of drug-likeness (QED) is 0.327. The van der Waals surface area contributed by atoms with Gasteiger partial charge in [-0.3, -0.25) is 4.57 Å². The van der Waals surface area contributed by atoms with Crippen LogP contribution in [0.3, 0.4) is 0 Å². The maximum Gasteiger partial charge on any atom is 0.192 e. The van der Waals surface area contributed by atoms with Crippen LogP contribution in [0.1, 0.15) is 55.4 Å². The molecule has 0 aliphatic heterocycles. The molecule has 1 unspecified atom stereocenters. The van der Waals surface area contributed by atoms with Gasteiger partial charge in [-0.2, -0.15) is 0 Å².